The van der Waals surface area contributed by atoms with Gasteiger partial charge in [0.2, 0.25) is 0 Å². The van der Waals surface area contributed by atoms with Crippen LogP contribution in [-0.2, 0) is 0 Å². The lowest BCUT2D eigenvalue weighted by Crippen LogP contribution is -2.23. The Morgan fingerprint density at radius 3 is 2.40 bits per heavy atom. The molecule has 0 radical (unpaired) electrons. The number of rotatable bonds is 5. The minimum absolute atomic E-state index is 0.269. The highest BCUT2D eigenvalue weighted by Crippen LogP contribution is 2.31. The molecule has 2 rings (SSSR count). The van der Waals surface area contributed by atoms with Crippen LogP contribution < -0.4 is 5.32 Å². The van der Waals surface area contributed by atoms with Gasteiger partial charge in [0.1, 0.15) is 5.76 Å². The molecular weight excluding hydrogens is 335 g/mol. The Bertz CT molecular complexity index is 577. The summed E-state index contributed by atoms with van der Waals surface area (Å²) in [4.78, 5) is 0. The van der Waals surface area contributed by atoms with E-state index in [-0.39, 0.29) is 5.56 Å². The lowest BCUT2D eigenvalue weighted by Gasteiger charge is -2.18. The first-order valence-corrected chi connectivity index (χ1v) is 6.94. The summed E-state index contributed by atoms with van der Waals surface area (Å²) in [6.07, 6.45) is 2.30. The average Bonchev–Trinajstić information content (AvgIpc) is 2.83. The summed E-state index contributed by atoms with van der Waals surface area (Å²) >= 11 is 3.31. The third-order valence-electron chi connectivity index (χ3n) is 2.84. The van der Waals surface area contributed by atoms with E-state index >= 15 is 0 Å². The summed E-state index contributed by atoms with van der Waals surface area (Å²) in [7, 11) is 0. The molecule has 2 aromatic rings. The SMILES string of the molecule is CCCNC(c1cc(F)c(F)c(F)c1)c1occc1Br. The number of hydrogen-bond acceptors (Lipinski definition) is 2. The second-order valence-electron chi connectivity index (χ2n) is 4.32. The number of halogens is 4. The highest BCUT2D eigenvalue weighted by Gasteiger charge is 2.22. The summed E-state index contributed by atoms with van der Waals surface area (Å²) in [6, 6.07) is 3.08. The zero-order chi connectivity index (χ0) is 14.7. The molecule has 6 heteroatoms. The Morgan fingerprint density at radius 1 is 1.25 bits per heavy atom. The smallest absolute Gasteiger partial charge is 0.194 e. The van der Waals surface area contributed by atoms with E-state index in [0.29, 0.717) is 16.8 Å². The highest BCUT2D eigenvalue weighted by atomic mass is 79.9. The van der Waals surface area contributed by atoms with E-state index in [1.54, 1.807) is 6.07 Å². The van der Waals surface area contributed by atoms with Gasteiger partial charge in [-0.1, -0.05) is 6.92 Å². The third-order valence-corrected chi connectivity index (χ3v) is 3.50. The van der Waals surface area contributed by atoms with Crippen molar-refractivity contribution in [2.75, 3.05) is 6.54 Å². The molecule has 1 heterocycles. The Kier molecular flexibility index (Phi) is 4.88. The molecule has 0 bridgehead atoms. The van der Waals surface area contributed by atoms with Gasteiger partial charge < -0.3 is 9.73 Å². The molecule has 0 saturated carbocycles. The van der Waals surface area contributed by atoms with Crippen molar-refractivity contribution >= 4 is 15.9 Å². The molecular formula is C14H13BrF3NO. The molecule has 0 aliphatic carbocycles. The van der Waals surface area contributed by atoms with E-state index in [2.05, 4.69) is 21.2 Å². The molecule has 1 aromatic carbocycles. The van der Waals surface area contributed by atoms with Crippen LogP contribution in [0.4, 0.5) is 13.2 Å². The number of benzene rings is 1. The van der Waals surface area contributed by atoms with Gasteiger partial charge in [0, 0.05) is 0 Å². The van der Waals surface area contributed by atoms with Gasteiger partial charge in [-0.2, -0.15) is 0 Å². The van der Waals surface area contributed by atoms with E-state index in [1.165, 1.54) is 6.26 Å². The van der Waals surface area contributed by atoms with E-state index < -0.39 is 23.5 Å². The van der Waals surface area contributed by atoms with Gasteiger partial charge in [0.25, 0.3) is 0 Å². The fraction of sp³-hybridized carbons (Fsp3) is 0.286. The summed E-state index contributed by atoms with van der Waals surface area (Å²) in [5, 5.41) is 3.12. The van der Waals surface area contributed by atoms with Crippen LogP contribution in [0.2, 0.25) is 0 Å². The van der Waals surface area contributed by atoms with Crippen molar-refractivity contribution in [3.8, 4) is 0 Å². The van der Waals surface area contributed by atoms with E-state index in [1.807, 2.05) is 6.92 Å². The molecule has 0 aliphatic heterocycles. The summed E-state index contributed by atoms with van der Waals surface area (Å²) in [5.74, 6) is -3.41. The van der Waals surface area contributed by atoms with Gasteiger partial charge >= 0.3 is 0 Å². The van der Waals surface area contributed by atoms with Crippen LogP contribution in [0, 0.1) is 17.5 Å². The zero-order valence-corrected chi connectivity index (χ0v) is 12.3. The molecule has 1 N–H and O–H groups in total. The van der Waals surface area contributed by atoms with Crippen LogP contribution >= 0.6 is 15.9 Å². The number of hydrogen-bond donors (Lipinski definition) is 1. The summed E-state index contributed by atoms with van der Waals surface area (Å²) in [5.41, 5.74) is 0.269. The van der Waals surface area contributed by atoms with Crippen LogP contribution in [-0.4, -0.2) is 6.54 Å². The maximum Gasteiger partial charge on any atom is 0.194 e. The van der Waals surface area contributed by atoms with Crippen molar-refractivity contribution < 1.29 is 17.6 Å². The van der Waals surface area contributed by atoms with Crippen LogP contribution in [0.3, 0.4) is 0 Å². The number of nitrogens with one attached hydrogen (secondary N) is 1. The van der Waals surface area contributed by atoms with Crippen molar-refractivity contribution in [3.63, 3.8) is 0 Å². The average molecular weight is 348 g/mol. The van der Waals surface area contributed by atoms with Gasteiger partial charge in [-0.3, -0.25) is 0 Å². The Balaban J connectivity index is 2.44. The van der Waals surface area contributed by atoms with Gasteiger partial charge in [0.15, 0.2) is 17.5 Å². The highest BCUT2D eigenvalue weighted by molar-refractivity contribution is 9.10. The Hall–Kier alpha value is -1.27. The molecule has 2 nitrogen and oxygen atoms in total. The minimum Gasteiger partial charge on any atom is -0.466 e. The fourth-order valence-electron chi connectivity index (χ4n) is 1.90. The maximum absolute atomic E-state index is 13.4. The van der Waals surface area contributed by atoms with Crippen molar-refractivity contribution in [1.82, 2.24) is 5.32 Å². The molecule has 108 valence electrons. The third kappa shape index (κ3) is 3.07. The van der Waals surface area contributed by atoms with Crippen LogP contribution in [0.25, 0.3) is 0 Å². The first-order chi connectivity index (χ1) is 9.54. The van der Waals surface area contributed by atoms with Crippen LogP contribution in [0.1, 0.15) is 30.7 Å². The standard InChI is InChI=1S/C14H13BrF3NO/c1-2-4-19-13(14-9(15)3-5-20-14)8-6-10(16)12(18)11(17)7-8/h3,5-7,13,19H,2,4H2,1H3. The van der Waals surface area contributed by atoms with Gasteiger partial charge in [-0.25, -0.2) is 13.2 Å². The maximum atomic E-state index is 13.4. The van der Waals surface area contributed by atoms with E-state index in [0.717, 1.165) is 18.6 Å². The largest absolute Gasteiger partial charge is 0.466 e. The normalized spacial score (nSPS) is 12.7. The van der Waals surface area contributed by atoms with Gasteiger partial charge in [-0.05, 0) is 52.7 Å². The van der Waals surface area contributed by atoms with E-state index in [4.69, 9.17) is 4.42 Å². The predicted molar refractivity (Wildman–Crippen MR) is 72.9 cm³/mol. The molecule has 20 heavy (non-hydrogen) atoms. The zero-order valence-electron chi connectivity index (χ0n) is 10.7. The lowest BCUT2D eigenvalue weighted by atomic mass is 10.0. The van der Waals surface area contributed by atoms with Crippen LogP contribution in [0.5, 0.6) is 0 Å². The van der Waals surface area contributed by atoms with Gasteiger partial charge in [0.05, 0.1) is 16.8 Å². The molecule has 1 unspecified atom stereocenters. The second-order valence-corrected chi connectivity index (χ2v) is 5.17. The quantitative estimate of drug-likeness (QED) is 0.802. The lowest BCUT2D eigenvalue weighted by molar-refractivity contribution is 0.426. The van der Waals surface area contributed by atoms with E-state index in [9.17, 15) is 13.2 Å². The Morgan fingerprint density at radius 2 is 1.90 bits per heavy atom. The van der Waals surface area contributed by atoms with Crippen molar-refractivity contribution in [1.29, 1.82) is 0 Å². The molecule has 0 aliphatic rings. The van der Waals surface area contributed by atoms with Crippen molar-refractivity contribution in [2.45, 2.75) is 19.4 Å². The topological polar surface area (TPSA) is 25.2 Å². The van der Waals surface area contributed by atoms with Gasteiger partial charge in [-0.15, -0.1) is 0 Å². The second kappa shape index (κ2) is 6.45. The molecule has 0 saturated heterocycles. The van der Waals surface area contributed by atoms with Crippen molar-refractivity contribution in [3.05, 3.63) is 57.7 Å². The number of furan rings is 1. The van der Waals surface area contributed by atoms with Crippen LogP contribution in [0.15, 0.2) is 33.4 Å². The summed E-state index contributed by atoms with van der Waals surface area (Å²) in [6.45, 7) is 2.59. The molecule has 1 atom stereocenters. The first-order valence-electron chi connectivity index (χ1n) is 6.15. The minimum atomic E-state index is -1.47. The molecule has 1 aromatic heterocycles. The van der Waals surface area contributed by atoms with Crippen molar-refractivity contribution in [2.24, 2.45) is 0 Å². The monoisotopic (exact) mass is 347 g/mol. The molecule has 0 amide bonds. The molecule has 0 fully saturated rings. The predicted octanol–water partition coefficient (Wildman–Crippen LogP) is 4.55. The Labute approximate surface area is 123 Å². The fourth-order valence-corrected chi connectivity index (χ4v) is 2.33. The molecule has 0 spiro atoms. The summed E-state index contributed by atoms with van der Waals surface area (Å²) < 4.78 is 45.8. The first kappa shape index (κ1) is 15.1.